The molecule has 3 heteroatoms. The van der Waals surface area contributed by atoms with Gasteiger partial charge in [0.05, 0.1) is 23.5 Å². The number of anilines is 1. The van der Waals surface area contributed by atoms with Gasteiger partial charge in [-0.05, 0) is 36.1 Å². The first-order valence-electron chi connectivity index (χ1n) is 11.2. The molecule has 1 N–H and O–H groups in total. The number of benzene rings is 3. The molecule has 0 spiro atoms. The third kappa shape index (κ3) is 3.90. The van der Waals surface area contributed by atoms with E-state index in [2.05, 4.69) is 101 Å². The normalized spacial score (nSPS) is 22.1. The average Bonchev–Trinajstić information content (AvgIpc) is 3.20. The molecule has 2 aliphatic rings. The predicted octanol–water partition coefficient (Wildman–Crippen LogP) is 5.94. The Morgan fingerprint density at radius 3 is 1.97 bits per heavy atom. The first-order chi connectivity index (χ1) is 14.9. The summed E-state index contributed by atoms with van der Waals surface area (Å²) in [5.74, 6) is 0. The van der Waals surface area contributed by atoms with Crippen LogP contribution in [0.1, 0.15) is 49.3 Å². The van der Waals surface area contributed by atoms with Crippen LogP contribution in [0.3, 0.4) is 0 Å². The Bertz CT molecular complexity index is 963. The maximum absolute atomic E-state index is 5.22. The molecule has 0 radical (unpaired) electrons. The molecular formula is C27H29N3. The smallest absolute Gasteiger partial charge is 0.0986 e. The Balaban J connectivity index is 1.59. The molecule has 1 fully saturated rings. The highest BCUT2D eigenvalue weighted by Crippen LogP contribution is 2.37. The number of hydrazone groups is 1. The van der Waals surface area contributed by atoms with Gasteiger partial charge in [0.2, 0.25) is 0 Å². The first-order valence-corrected chi connectivity index (χ1v) is 11.2. The second kappa shape index (κ2) is 8.85. The Morgan fingerprint density at radius 1 is 0.700 bits per heavy atom. The van der Waals surface area contributed by atoms with Crippen molar-refractivity contribution in [2.75, 3.05) is 5.01 Å². The molecule has 3 aromatic carbocycles. The van der Waals surface area contributed by atoms with E-state index in [0.29, 0.717) is 6.04 Å². The molecule has 3 aromatic rings. The van der Waals surface area contributed by atoms with Crippen molar-refractivity contribution < 1.29 is 0 Å². The summed E-state index contributed by atoms with van der Waals surface area (Å²) in [4.78, 5) is 0. The minimum atomic E-state index is 0.130. The standard InChI is InChI=1S/C27H29N3/c1-5-13-21(14-6-1)25-26(28-23-17-9-3-10-18-23)27(22-15-7-2-8-16-22)30(29-25)24-19-11-4-12-20-24/h1-2,4-8,11-16,19-20,23,26-28H,3,9-10,17-18H2/t26-,27+/m0/s1. The zero-order valence-electron chi connectivity index (χ0n) is 17.3. The molecule has 2 atom stereocenters. The summed E-state index contributed by atoms with van der Waals surface area (Å²) < 4.78 is 0. The van der Waals surface area contributed by atoms with Gasteiger partial charge in [-0.1, -0.05) is 98.1 Å². The van der Waals surface area contributed by atoms with E-state index < -0.39 is 0 Å². The summed E-state index contributed by atoms with van der Waals surface area (Å²) in [6, 6.07) is 32.9. The molecule has 1 aliphatic heterocycles. The van der Waals surface area contributed by atoms with Gasteiger partial charge in [0.1, 0.15) is 0 Å². The van der Waals surface area contributed by atoms with E-state index in [0.717, 1.165) is 11.4 Å². The molecule has 1 heterocycles. The fourth-order valence-electron chi connectivity index (χ4n) is 4.85. The zero-order valence-corrected chi connectivity index (χ0v) is 17.3. The van der Waals surface area contributed by atoms with E-state index in [1.807, 2.05) is 0 Å². The van der Waals surface area contributed by atoms with E-state index in [9.17, 15) is 0 Å². The van der Waals surface area contributed by atoms with Crippen LogP contribution in [0.2, 0.25) is 0 Å². The third-order valence-electron chi connectivity index (χ3n) is 6.34. The Morgan fingerprint density at radius 2 is 1.30 bits per heavy atom. The molecule has 1 aliphatic carbocycles. The lowest BCUT2D eigenvalue weighted by Gasteiger charge is -2.33. The highest BCUT2D eigenvalue weighted by Gasteiger charge is 2.40. The van der Waals surface area contributed by atoms with Crippen molar-refractivity contribution in [2.24, 2.45) is 5.10 Å². The molecule has 152 valence electrons. The van der Waals surface area contributed by atoms with E-state index in [1.54, 1.807) is 0 Å². The topological polar surface area (TPSA) is 27.6 Å². The van der Waals surface area contributed by atoms with Crippen LogP contribution < -0.4 is 10.3 Å². The molecule has 3 nitrogen and oxygen atoms in total. The van der Waals surface area contributed by atoms with E-state index >= 15 is 0 Å². The summed E-state index contributed by atoms with van der Waals surface area (Å²) in [5.41, 5.74) is 4.76. The van der Waals surface area contributed by atoms with Crippen molar-refractivity contribution in [1.29, 1.82) is 0 Å². The van der Waals surface area contributed by atoms with Gasteiger partial charge in [0.25, 0.3) is 0 Å². The maximum Gasteiger partial charge on any atom is 0.0986 e. The van der Waals surface area contributed by atoms with Crippen molar-refractivity contribution in [3.8, 4) is 0 Å². The number of rotatable bonds is 5. The van der Waals surface area contributed by atoms with Crippen molar-refractivity contribution in [2.45, 2.75) is 50.2 Å². The number of nitrogens with zero attached hydrogens (tertiary/aromatic N) is 2. The fourth-order valence-corrected chi connectivity index (χ4v) is 4.85. The maximum atomic E-state index is 5.22. The van der Waals surface area contributed by atoms with Crippen molar-refractivity contribution in [3.05, 3.63) is 102 Å². The van der Waals surface area contributed by atoms with Crippen LogP contribution in [-0.4, -0.2) is 17.8 Å². The molecule has 0 aromatic heterocycles. The third-order valence-corrected chi connectivity index (χ3v) is 6.34. The Labute approximate surface area is 179 Å². The van der Waals surface area contributed by atoms with Gasteiger partial charge >= 0.3 is 0 Å². The number of para-hydroxylation sites is 1. The van der Waals surface area contributed by atoms with Crippen molar-refractivity contribution in [3.63, 3.8) is 0 Å². The molecule has 0 unspecified atom stereocenters. The highest BCUT2D eigenvalue weighted by molar-refractivity contribution is 6.07. The van der Waals surface area contributed by atoms with Crippen LogP contribution in [0.25, 0.3) is 0 Å². The Kier molecular flexibility index (Phi) is 5.62. The summed E-state index contributed by atoms with van der Waals surface area (Å²) >= 11 is 0. The summed E-state index contributed by atoms with van der Waals surface area (Å²) in [7, 11) is 0. The largest absolute Gasteiger partial charge is 0.304 e. The van der Waals surface area contributed by atoms with Crippen LogP contribution in [0.5, 0.6) is 0 Å². The summed E-state index contributed by atoms with van der Waals surface area (Å²) in [5, 5.41) is 11.5. The van der Waals surface area contributed by atoms with Crippen LogP contribution in [0.4, 0.5) is 5.69 Å². The van der Waals surface area contributed by atoms with Gasteiger partial charge in [0, 0.05) is 6.04 Å². The predicted molar refractivity (Wildman–Crippen MR) is 125 cm³/mol. The molecule has 1 saturated carbocycles. The SMILES string of the molecule is c1ccc(C2=NN(c3ccccc3)[C@H](c3ccccc3)[C@H]2NC2CCCCC2)cc1. The lowest BCUT2D eigenvalue weighted by Crippen LogP contribution is -2.47. The Hall–Kier alpha value is -2.91. The van der Waals surface area contributed by atoms with Gasteiger partial charge in [-0.25, -0.2) is 0 Å². The van der Waals surface area contributed by atoms with Crippen molar-refractivity contribution >= 4 is 11.4 Å². The monoisotopic (exact) mass is 395 g/mol. The molecule has 30 heavy (non-hydrogen) atoms. The molecule has 0 amide bonds. The van der Waals surface area contributed by atoms with Gasteiger partial charge in [0.15, 0.2) is 0 Å². The second-order valence-electron chi connectivity index (χ2n) is 8.37. The van der Waals surface area contributed by atoms with Crippen LogP contribution in [0.15, 0.2) is 96.1 Å². The minimum absolute atomic E-state index is 0.130. The molecular weight excluding hydrogens is 366 g/mol. The summed E-state index contributed by atoms with van der Waals surface area (Å²) in [6.45, 7) is 0. The van der Waals surface area contributed by atoms with E-state index in [4.69, 9.17) is 5.10 Å². The lowest BCUT2D eigenvalue weighted by molar-refractivity contribution is 0.348. The quantitative estimate of drug-likeness (QED) is 0.579. The molecule has 5 rings (SSSR count). The van der Waals surface area contributed by atoms with Crippen LogP contribution in [-0.2, 0) is 0 Å². The van der Waals surface area contributed by atoms with Gasteiger partial charge in [-0.15, -0.1) is 0 Å². The summed E-state index contributed by atoms with van der Waals surface area (Å²) in [6.07, 6.45) is 6.51. The average molecular weight is 396 g/mol. The fraction of sp³-hybridized carbons (Fsp3) is 0.296. The van der Waals surface area contributed by atoms with Crippen LogP contribution in [0, 0.1) is 0 Å². The number of hydrogen-bond donors (Lipinski definition) is 1. The number of nitrogens with one attached hydrogen (secondary N) is 1. The van der Waals surface area contributed by atoms with Gasteiger partial charge in [-0.2, -0.15) is 5.10 Å². The lowest BCUT2D eigenvalue weighted by atomic mass is 9.89. The first kappa shape index (κ1) is 19.1. The van der Waals surface area contributed by atoms with Gasteiger partial charge in [-0.3, -0.25) is 5.01 Å². The second-order valence-corrected chi connectivity index (χ2v) is 8.37. The molecule has 0 saturated heterocycles. The highest BCUT2D eigenvalue weighted by atomic mass is 15.5. The minimum Gasteiger partial charge on any atom is -0.304 e. The van der Waals surface area contributed by atoms with E-state index in [1.165, 1.54) is 43.2 Å². The van der Waals surface area contributed by atoms with Gasteiger partial charge < -0.3 is 5.32 Å². The van der Waals surface area contributed by atoms with Crippen molar-refractivity contribution in [1.82, 2.24) is 5.32 Å². The zero-order chi connectivity index (χ0) is 20.2. The molecule has 0 bridgehead atoms. The van der Waals surface area contributed by atoms with Crippen LogP contribution >= 0.6 is 0 Å². The number of hydrogen-bond acceptors (Lipinski definition) is 3. The van der Waals surface area contributed by atoms with E-state index in [-0.39, 0.29) is 12.1 Å².